The molecule has 0 fully saturated rings. The molecule has 1 aliphatic rings. The second kappa shape index (κ2) is 10.3. The summed E-state index contributed by atoms with van der Waals surface area (Å²) in [5.41, 5.74) is 1.98. The summed E-state index contributed by atoms with van der Waals surface area (Å²) in [4.78, 5) is 11.6. The molecular weight excluding hydrogens is 636 g/mol. The van der Waals surface area contributed by atoms with Gasteiger partial charge in [0, 0.05) is 60.3 Å². The standard InChI is InChI=1S/C36H21N2OPS4/c39-40(24-14-8-3-9-15-24)31(22-10-4-1-5-11-22)29-25-20-27(35-37-16-18-41-35)43-33(25)34-26(21-28(44-34)36-38-17-19-42-36)30(29)32(40)23-12-6-2-7-13-23/h1-21H. The van der Waals surface area contributed by atoms with Gasteiger partial charge in [-0.3, -0.25) is 0 Å². The first-order chi connectivity index (χ1) is 21.7. The molecule has 8 heteroatoms. The summed E-state index contributed by atoms with van der Waals surface area (Å²) in [6, 6.07) is 35.3. The lowest BCUT2D eigenvalue weighted by atomic mass is 10.0. The smallest absolute Gasteiger partial charge is 0.173 e. The SMILES string of the molecule is O=P1(c2ccccc2)C(c2ccccc2)=c2c(c3cc(-c4nccs4)sc3c3sc(-c4nccs4)cc23)=C1c1ccccc1. The van der Waals surface area contributed by atoms with Gasteiger partial charge in [-0.2, -0.15) is 0 Å². The molecule has 1 aliphatic heterocycles. The molecule has 44 heavy (non-hydrogen) atoms. The third-order valence-electron chi connectivity index (χ3n) is 8.06. The number of nitrogens with zero attached hydrogens (tertiary/aromatic N) is 2. The summed E-state index contributed by atoms with van der Waals surface area (Å²) in [6.07, 6.45) is 3.73. The highest BCUT2D eigenvalue weighted by Crippen LogP contribution is 2.67. The highest BCUT2D eigenvalue weighted by molar-refractivity contribution is 7.90. The van der Waals surface area contributed by atoms with Gasteiger partial charge in [0.15, 0.2) is 7.14 Å². The van der Waals surface area contributed by atoms with Crippen molar-refractivity contribution in [2.24, 2.45) is 0 Å². The topological polar surface area (TPSA) is 42.9 Å². The molecule has 0 atom stereocenters. The number of hydrogen-bond donors (Lipinski definition) is 0. The molecule has 8 aromatic rings. The van der Waals surface area contributed by atoms with Crippen molar-refractivity contribution in [2.75, 3.05) is 0 Å². The molecule has 0 bridgehead atoms. The van der Waals surface area contributed by atoms with E-state index in [2.05, 4.69) is 46.4 Å². The van der Waals surface area contributed by atoms with Crippen LogP contribution in [0.5, 0.6) is 0 Å². The minimum Gasteiger partial charge on any atom is -0.309 e. The summed E-state index contributed by atoms with van der Waals surface area (Å²) in [5.74, 6) is 0. The Balaban J connectivity index is 1.59. The minimum atomic E-state index is -3.36. The molecule has 0 aliphatic carbocycles. The first-order valence-electron chi connectivity index (χ1n) is 14.1. The summed E-state index contributed by atoms with van der Waals surface area (Å²) in [5, 5.41) is 13.2. The van der Waals surface area contributed by atoms with Crippen molar-refractivity contribution >= 4 is 88.6 Å². The number of hydrogen-bond acceptors (Lipinski definition) is 7. The van der Waals surface area contributed by atoms with Crippen molar-refractivity contribution in [1.82, 2.24) is 9.97 Å². The highest BCUT2D eigenvalue weighted by Gasteiger charge is 2.42. The van der Waals surface area contributed by atoms with Crippen LogP contribution in [0.1, 0.15) is 11.1 Å². The molecular formula is C36H21N2OPS4. The fraction of sp³-hybridized carbons (Fsp3) is 0. The van der Waals surface area contributed by atoms with E-state index in [1.54, 1.807) is 45.3 Å². The Bertz CT molecular complexity index is 2340. The molecule has 0 saturated carbocycles. The van der Waals surface area contributed by atoms with Crippen molar-refractivity contribution in [3.8, 4) is 19.8 Å². The van der Waals surface area contributed by atoms with Crippen LogP contribution in [-0.2, 0) is 4.57 Å². The molecule has 4 aromatic carbocycles. The summed E-state index contributed by atoms with van der Waals surface area (Å²) in [7, 11) is -3.36. The van der Waals surface area contributed by atoms with Crippen molar-refractivity contribution in [3.63, 3.8) is 0 Å². The lowest BCUT2D eigenvalue weighted by Gasteiger charge is -2.22. The average Bonchev–Trinajstić information content (AvgIpc) is 3.90. The maximum Gasteiger partial charge on any atom is 0.173 e. The molecule has 0 amide bonds. The van der Waals surface area contributed by atoms with Crippen LogP contribution in [0.25, 0.3) is 50.6 Å². The predicted octanol–water partition coefficient (Wildman–Crippen LogP) is 9.38. The van der Waals surface area contributed by atoms with E-state index >= 15 is 4.57 Å². The third-order valence-corrected chi connectivity index (χ3v) is 15.6. The Morgan fingerprint density at radius 2 is 0.977 bits per heavy atom. The van der Waals surface area contributed by atoms with E-state index in [4.69, 9.17) is 0 Å². The number of thiazole rings is 2. The van der Waals surface area contributed by atoms with Gasteiger partial charge in [-0.15, -0.1) is 45.3 Å². The molecule has 3 nitrogen and oxygen atoms in total. The molecule has 4 aromatic heterocycles. The Labute approximate surface area is 269 Å². The van der Waals surface area contributed by atoms with E-state index in [1.807, 2.05) is 89.9 Å². The van der Waals surface area contributed by atoms with Crippen molar-refractivity contribution in [2.45, 2.75) is 0 Å². The quantitative estimate of drug-likeness (QED) is 0.173. The van der Waals surface area contributed by atoms with E-state index in [0.29, 0.717) is 0 Å². The van der Waals surface area contributed by atoms with Crippen molar-refractivity contribution < 1.29 is 4.57 Å². The molecule has 5 heterocycles. The monoisotopic (exact) mass is 656 g/mol. The molecule has 9 rings (SSSR count). The fourth-order valence-electron chi connectivity index (χ4n) is 6.32. The zero-order valence-electron chi connectivity index (χ0n) is 23.0. The first-order valence-corrected chi connectivity index (χ1v) is 19.2. The van der Waals surface area contributed by atoms with Crippen molar-refractivity contribution in [3.05, 3.63) is 148 Å². The first kappa shape index (κ1) is 26.4. The van der Waals surface area contributed by atoms with E-state index in [1.165, 1.54) is 9.40 Å². The zero-order valence-corrected chi connectivity index (χ0v) is 27.2. The summed E-state index contributed by atoms with van der Waals surface area (Å²) >= 11 is 6.86. The maximum atomic E-state index is 16.4. The molecule has 0 spiro atoms. The van der Waals surface area contributed by atoms with Crippen LogP contribution in [-0.4, -0.2) is 9.97 Å². The second-order valence-electron chi connectivity index (χ2n) is 10.5. The van der Waals surface area contributed by atoms with E-state index in [-0.39, 0.29) is 0 Å². The predicted molar refractivity (Wildman–Crippen MR) is 190 cm³/mol. The van der Waals surface area contributed by atoms with Crippen LogP contribution in [0.15, 0.2) is 126 Å². The third kappa shape index (κ3) is 3.87. The van der Waals surface area contributed by atoms with Gasteiger partial charge in [0.2, 0.25) is 0 Å². The van der Waals surface area contributed by atoms with Gasteiger partial charge in [-0.25, -0.2) is 9.97 Å². The van der Waals surface area contributed by atoms with Crippen LogP contribution in [0.3, 0.4) is 0 Å². The van der Waals surface area contributed by atoms with Crippen LogP contribution in [0.2, 0.25) is 0 Å². The molecule has 0 N–H and O–H groups in total. The summed E-state index contributed by atoms with van der Waals surface area (Å²) in [6.45, 7) is 0. The van der Waals surface area contributed by atoms with Gasteiger partial charge in [0.05, 0.1) is 19.2 Å². The highest BCUT2D eigenvalue weighted by atomic mass is 32.1. The van der Waals surface area contributed by atoms with Gasteiger partial charge < -0.3 is 4.57 Å². The van der Waals surface area contributed by atoms with Gasteiger partial charge in [0.25, 0.3) is 0 Å². The van der Waals surface area contributed by atoms with Gasteiger partial charge in [-0.05, 0) is 23.3 Å². The van der Waals surface area contributed by atoms with Gasteiger partial charge in [0.1, 0.15) is 10.0 Å². The van der Waals surface area contributed by atoms with E-state index in [0.717, 1.165) is 68.0 Å². The largest absolute Gasteiger partial charge is 0.309 e. The number of aromatic nitrogens is 2. The number of fused-ring (bicyclic) bond motifs is 6. The molecule has 0 unspecified atom stereocenters. The Morgan fingerprint density at radius 1 is 0.545 bits per heavy atom. The second-order valence-corrected chi connectivity index (χ2v) is 17.0. The van der Waals surface area contributed by atoms with E-state index < -0.39 is 7.14 Å². The van der Waals surface area contributed by atoms with Crippen LogP contribution in [0, 0.1) is 0 Å². The number of benzene rings is 4. The number of thiophene rings is 2. The fourth-order valence-corrected chi connectivity index (χ4v) is 13.7. The molecule has 0 saturated heterocycles. The van der Waals surface area contributed by atoms with Crippen LogP contribution < -0.4 is 15.7 Å². The van der Waals surface area contributed by atoms with Gasteiger partial charge >= 0.3 is 0 Å². The van der Waals surface area contributed by atoms with Crippen LogP contribution in [0.4, 0.5) is 0 Å². The van der Waals surface area contributed by atoms with E-state index in [9.17, 15) is 0 Å². The minimum absolute atomic E-state index is 0.848. The Hall–Kier alpha value is -3.97. The van der Waals surface area contributed by atoms with Gasteiger partial charge in [-0.1, -0.05) is 91.0 Å². The molecule has 0 radical (unpaired) electrons. The normalized spacial score (nSPS) is 14.1. The summed E-state index contributed by atoms with van der Waals surface area (Å²) < 4.78 is 18.8. The zero-order chi connectivity index (χ0) is 29.3. The van der Waals surface area contributed by atoms with Crippen molar-refractivity contribution in [1.29, 1.82) is 0 Å². The lowest BCUT2D eigenvalue weighted by Crippen LogP contribution is -2.26. The molecule has 210 valence electrons. The average molecular weight is 657 g/mol. The lowest BCUT2D eigenvalue weighted by molar-refractivity contribution is 0.593. The Kier molecular flexibility index (Phi) is 6.19. The maximum absolute atomic E-state index is 16.4. The Morgan fingerprint density at radius 3 is 1.39 bits per heavy atom. The number of rotatable bonds is 5. The van der Waals surface area contributed by atoms with Crippen LogP contribution >= 0.6 is 52.5 Å².